The van der Waals surface area contributed by atoms with Crippen LogP contribution in [0, 0.1) is 0 Å². The van der Waals surface area contributed by atoms with E-state index >= 15 is 0 Å². The fraction of sp³-hybridized carbons (Fsp3) is 0.167. The van der Waals surface area contributed by atoms with Crippen LogP contribution in [0.4, 0.5) is 5.69 Å². The highest BCUT2D eigenvalue weighted by atomic mass is 16.5. The first-order valence-electron chi connectivity index (χ1n) is 7.01. The van der Waals surface area contributed by atoms with Gasteiger partial charge in [0.15, 0.2) is 0 Å². The molecule has 5 heteroatoms. The van der Waals surface area contributed by atoms with Crippen molar-refractivity contribution in [3.05, 3.63) is 54.1 Å². The second-order valence-corrected chi connectivity index (χ2v) is 4.70. The van der Waals surface area contributed by atoms with E-state index in [0.717, 1.165) is 11.3 Å². The third-order valence-electron chi connectivity index (χ3n) is 3.14. The van der Waals surface area contributed by atoms with Gasteiger partial charge in [-0.1, -0.05) is 12.1 Å². The minimum Gasteiger partial charge on any atom is -0.497 e. The van der Waals surface area contributed by atoms with Crippen LogP contribution in [0.25, 0.3) is 6.08 Å². The van der Waals surface area contributed by atoms with Crippen LogP contribution in [0.1, 0.15) is 5.56 Å². The summed E-state index contributed by atoms with van der Waals surface area (Å²) in [5.74, 6) is 1.71. The molecule has 0 atom stereocenters. The number of ether oxygens (including phenoxy) is 3. The van der Waals surface area contributed by atoms with Crippen molar-refractivity contribution >= 4 is 17.7 Å². The lowest BCUT2D eigenvalue weighted by Crippen LogP contribution is -2.08. The number of benzene rings is 2. The standard InChI is InChI=1S/C18H19NO4/c1-21-15-6-4-5-13(9-15)7-8-18(20)19-14-10-16(22-2)12-17(11-14)23-3/h4-12H,1-3H3,(H,19,20)/b8-7+. The van der Waals surface area contributed by atoms with Crippen molar-refractivity contribution in [1.82, 2.24) is 0 Å². The largest absolute Gasteiger partial charge is 0.497 e. The zero-order chi connectivity index (χ0) is 16.7. The molecule has 2 aromatic carbocycles. The van der Waals surface area contributed by atoms with E-state index in [1.165, 1.54) is 6.08 Å². The number of rotatable bonds is 6. The number of hydrogen-bond donors (Lipinski definition) is 1. The Hall–Kier alpha value is -2.95. The summed E-state index contributed by atoms with van der Waals surface area (Å²) in [5, 5.41) is 2.77. The Labute approximate surface area is 135 Å². The molecule has 0 aliphatic heterocycles. The van der Waals surface area contributed by atoms with Crippen LogP contribution < -0.4 is 19.5 Å². The Morgan fingerprint density at radius 3 is 2.17 bits per heavy atom. The molecule has 0 saturated carbocycles. The first kappa shape index (κ1) is 16.4. The quantitative estimate of drug-likeness (QED) is 0.831. The summed E-state index contributed by atoms with van der Waals surface area (Å²) in [6.45, 7) is 0. The van der Waals surface area contributed by atoms with Crippen molar-refractivity contribution < 1.29 is 19.0 Å². The van der Waals surface area contributed by atoms with E-state index < -0.39 is 0 Å². The first-order valence-corrected chi connectivity index (χ1v) is 7.01. The highest BCUT2D eigenvalue weighted by Crippen LogP contribution is 2.25. The molecule has 2 aromatic rings. The van der Waals surface area contributed by atoms with Crippen molar-refractivity contribution in [3.63, 3.8) is 0 Å². The van der Waals surface area contributed by atoms with Crippen LogP contribution in [-0.2, 0) is 4.79 Å². The van der Waals surface area contributed by atoms with Gasteiger partial charge in [-0.25, -0.2) is 0 Å². The Bertz CT molecular complexity index is 688. The van der Waals surface area contributed by atoms with Gasteiger partial charge in [-0.2, -0.15) is 0 Å². The molecule has 0 unspecified atom stereocenters. The maximum atomic E-state index is 12.0. The Balaban J connectivity index is 2.08. The summed E-state index contributed by atoms with van der Waals surface area (Å²) in [6.07, 6.45) is 3.18. The predicted octanol–water partition coefficient (Wildman–Crippen LogP) is 3.36. The molecule has 0 bridgehead atoms. The molecule has 0 heterocycles. The van der Waals surface area contributed by atoms with Crippen molar-refractivity contribution in [3.8, 4) is 17.2 Å². The average Bonchev–Trinajstić information content (AvgIpc) is 2.59. The van der Waals surface area contributed by atoms with Gasteiger partial charge in [0.05, 0.1) is 21.3 Å². The van der Waals surface area contributed by atoms with Crippen LogP contribution in [0.5, 0.6) is 17.2 Å². The molecule has 1 amide bonds. The van der Waals surface area contributed by atoms with Gasteiger partial charge in [-0.05, 0) is 23.8 Å². The lowest BCUT2D eigenvalue weighted by atomic mass is 10.2. The SMILES string of the molecule is COc1cccc(/C=C/C(=O)Nc2cc(OC)cc(OC)c2)c1. The van der Waals surface area contributed by atoms with Crippen molar-refractivity contribution in [1.29, 1.82) is 0 Å². The molecule has 0 aromatic heterocycles. The molecule has 0 aliphatic carbocycles. The van der Waals surface area contributed by atoms with Gasteiger partial charge < -0.3 is 19.5 Å². The zero-order valence-corrected chi connectivity index (χ0v) is 13.3. The predicted molar refractivity (Wildman–Crippen MR) is 90.2 cm³/mol. The van der Waals surface area contributed by atoms with Crippen molar-refractivity contribution in [2.45, 2.75) is 0 Å². The van der Waals surface area contributed by atoms with Crippen LogP contribution in [0.2, 0.25) is 0 Å². The number of carbonyl (C=O) groups excluding carboxylic acids is 1. The lowest BCUT2D eigenvalue weighted by molar-refractivity contribution is -0.111. The number of carbonyl (C=O) groups is 1. The van der Waals surface area contributed by atoms with Gasteiger partial charge >= 0.3 is 0 Å². The second kappa shape index (κ2) is 7.89. The molecule has 5 nitrogen and oxygen atoms in total. The number of anilines is 1. The fourth-order valence-corrected chi connectivity index (χ4v) is 1.98. The number of hydrogen-bond acceptors (Lipinski definition) is 4. The van der Waals surface area contributed by atoms with E-state index in [1.54, 1.807) is 45.6 Å². The minimum absolute atomic E-state index is 0.247. The average molecular weight is 313 g/mol. The van der Waals surface area contributed by atoms with E-state index in [2.05, 4.69) is 5.32 Å². The van der Waals surface area contributed by atoms with Crippen molar-refractivity contribution in [2.24, 2.45) is 0 Å². The second-order valence-electron chi connectivity index (χ2n) is 4.70. The third kappa shape index (κ3) is 4.78. The molecule has 120 valence electrons. The van der Waals surface area contributed by atoms with Crippen molar-refractivity contribution in [2.75, 3.05) is 26.6 Å². The van der Waals surface area contributed by atoms with Crippen LogP contribution >= 0.6 is 0 Å². The number of amides is 1. The number of nitrogens with one attached hydrogen (secondary N) is 1. The highest BCUT2D eigenvalue weighted by molar-refractivity contribution is 6.02. The van der Waals surface area contributed by atoms with E-state index in [0.29, 0.717) is 17.2 Å². The zero-order valence-electron chi connectivity index (χ0n) is 13.3. The van der Waals surface area contributed by atoms with Gasteiger partial charge in [0, 0.05) is 30.0 Å². The molecular weight excluding hydrogens is 294 g/mol. The summed E-state index contributed by atoms with van der Waals surface area (Å²) in [4.78, 5) is 12.0. The summed E-state index contributed by atoms with van der Waals surface area (Å²) in [7, 11) is 4.72. The molecule has 1 N–H and O–H groups in total. The maximum Gasteiger partial charge on any atom is 0.248 e. The molecule has 0 spiro atoms. The van der Waals surface area contributed by atoms with E-state index in [9.17, 15) is 4.79 Å². The smallest absolute Gasteiger partial charge is 0.248 e. The third-order valence-corrected chi connectivity index (χ3v) is 3.14. The van der Waals surface area contributed by atoms with Crippen LogP contribution in [0.3, 0.4) is 0 Å². The fourth-order valence-electron chi connectivity index (χ4n) is 1.98. The van der Waals surface area contributed by atoms with Gasteiger partial charge in [0.2, 0.25) is 5.91 Å². The van der Waals surface area contributed by atoms with Gasteiger partial charge in [0.1, 0.15) is 17.2 Å². The van der Waals surface area contributed by atoms with Gasteiger partial charge in [0.25, 0.3) is 0 Å². The summed E-state index contributed by atoms with van der Waals surface area (Å²) in [6, 6.07) is 12.6. The molecule has 23 heavy (non-hydrogen) atoms. The van der Waals surface area contributed by atoms with E-state index in [1.807, 2.05) is 24.3 Å². The minimum atomic E-state index is -0.247. The Kier molecular flexibility index (Phi) is 5.63. The topological polar surface area (TPSA) is 56.8 Å². The lowest BCUT2D eigenvalue weighted by Gasteiger charge is -2.08. The maximum absolute atomic E-state index is 12.0. The Morgan fingerprint density at radius 2 is 1.57 bits per heavy atom. The summed E-state index contributed by atoms with van der Waals surface area (Å²) < 4.78 is 15.5. The van der Waals surface area contributed by atoms with E-state index in [-0.39, 0.29) is 5.91 Å². The monoisotopic (exact) mass is 313 g/mol. The molecular formula is C18H19NO4. The summed E-state index contributed by atoms with van der Waals surface area (Å²) in [5.41, 5.74) is 1.48. The first-order chi connectivity index (χ1) is 11.1. The highest BCUT2D eigenvalue weighted by Gasteiger charge is 2.04. The number of methoxy groups -OCH3 is 3. The van der Waals surface area contributed by atoms with Gasteiger partial charge in [-0.3, -0.25) is 4.79 Å². The molecule has 0 saturated heterocycles. The van der Waals surface area contributed by atoms with Gasteiger partial charge in [-0.15, -0.1) is 0 Å². The Morgan fingerprint density at radius 1 is 0.913 bits per heavy atom. The molecule has 0 fully saturated rings. The van der Waals surface area contributed by atoms with E-state index in [4.69, 9.17) is 14.2 Å². The molecule has 0 aliphatic rings. The van der Waals surface area contributed by atoms with Crippen LogP contribution in [-0.4, -0.2) is 27.2 Å². The van der Waals surface area contributed by atoms with Crippen LogP contribution in [0.15, 0.2) is 48.5 Å². The normalized spacial score (nSPS) is 10.4. The summed E-state index contributed by atoms with van der Waals surface area (Å²) >= 11 is 0. The molecule has 2 rings (SSSR count). The molecule has 0 radical (unpaired) electrons.